The number of carbonyl (C=O) groups excluding carboxylic acids is 2. The summed E-state index contributed by atoms with van der Waals surface area (Å²) in [6, 6.07) is 11.5. The number of benzene rings is 2. The number of aromatic nitrogens is 2. The number of hydrogen-bond donors (Lipinski definition) is 3. The molecule has 1 saturated carbocycles. The molecule has 0 spiro atoms. The first-order chi connectivity index (χ1) is 18.1. The number of nitrogens with one attached hydrogen (secondary N) is 3. The van der Waals surface area contributed by atoms with Crippen molar-refractivity contribution in [3.8, 4) is 0 Å². The molecule has 1 heterocycles. The van der Waals surface area contributed by atoms with Crippen LogP contribution in [0, 0.1) is 0 Å². The summed E-state index contributed by atoms with van der Waals surface area (Å²) >= 11 is 0. The van der Waals surface area contributed by atoms with E-state index in [1.807, 2.05) is 0 Å². The quantitative estimate of drug-likeness (QED) is 0.378. The number of halogens is 3. The second-order valence-electron chi connectivity index (χ2n) is 9.56. The molecule has 4 rings (SSSR count). The fraction of sp³-hybridized carbons (Fsp3) is 0.385. The summed E-state index contributed by atoms with van der Waals surface area (Å²) in [4.78, 5) is 27.1. The van der Waals surface area contributed by atoms with Gasteiger partial charge < -0.3 is 15.5 Å². The van der Waals surface area contributed by atoms with E-state index in [4.69, 9.17) is 4.52 Å². The summed E-state index contributed by atoms with van der Waals surface area (Å²) in [6.07, 6.45) is 0.712. The average Bonchev–Trinajstić information content (AvgIpc) is 3.32. The third-order valence-electron chi connectivity index (χ3n) is 6.50. The Morgan fingerprint density at radius 2 is 1.66 bits per heavy atom. The van der Waals surface area contributed by atoms with E-state index in [2.05, 4.69) is 40.2 Å². The van der Waals surface area contributed by atoms with E-state index in [9.17, 15) is 22.8 Å². The maximum absolute atomic E-state index is 13.5. The Balaban J connectivity index is 1.40. The van der Waals surface area contributed by atoms with Gasteiger partial charge in [-0.1, -0.05) is 30.3 Å². The molecule has 1 aromatic heterocycles. The van der Waals surface area contributed by atoms with Crippen molar-refractivity contribution in [1.82, 2.24) is 10.2 Å². The van der Waals surface area contributed by atoms with Gasteiger partial charge in [-0.05, 0) is 55.4 Å². The predicted molar refractivity (Wildman–Crippen MR) is 135 cm³/mol. The van der Waals surface area contributed by atoms with Gasteiger partial charge in [0.25, 0.3) is 6.20 Å². The molecule has 1 aliphatic carbocycles. The van der Waals surface area contributed by atoms with Crippen molar-refractivity contribution in [1.29, 1.82) is 0 Å². The minimum Gasteiger partial charge on any atom is -0.326 e. The van der Waals surface area contributed by atoms with Gasteiger partial charge in [0, 0.05) is 30.3 Å². The van der Waals surface area contributed by atoms with Crippen LogP contribution in [0.5, 0.6) is 0 Å². The Bertz CT molecular complexity index is 1250. The monoisotopic (exact) mass is 531 g/mol. The number of anilines is 3. The van der Waals surface area contributed by atoms with E-state index in [1.165, 1.54) is 6.07 Å². The predicted octanol–water partition coefficient (Wildman–Crippen LogP) is 4.85. The lowest BCUT2D eigenvalue weighted by molar-refractivity contribution is -0.787. The zero-order valence-corrected chi connectivity index (χ0v) is 21.1. The largest absolute Gasteiger partial charge is 0.416 e. The first kappa shape index (κ1) is 27.1. The Labute approximate surface area is 218 Å². The zero-order valence-electron chi connectivity index (χ0n) is 21.1. The number of nitrogens with zero attached hydrogens (tertiary/aromatic N) is 3. The minimum absolute atomic E-state index is 0.0113. The Morgan fingerprint density at radius 3 is 2.29 bits per heavy atom. The van der Waals surface area contributed by atoms with Crippen molar-refractivity contribution in [3.63, 3.8) is 0 Å². The van der Waals surface area contributed by atoms with E-state index >= 15 is 0 Å². The standard InChI is InChI=1S/C26H29F3N6O3/c1-34(2)21-8-10-22(11-9-21)35-16-24(38-33-35)32-25(37)31-20-14-18(26(27,28)29)13-19(15-20)30-23(36)12-17-6-4-3-5-7-17/h3-7,13-16,21-22H,8-12H2,1-2H3,(H2-,30,31,32,33,36,37)/p+1. The summed E-state index contributed by atoms with van der Waals surface area (Å²) < 4.78 is 47.3. The van der Waals surface area contributed by atoms with E-state index in [0.717, 1.165) is 37.8 Å². The summed E-state index contributed by atoms with van der Waals surface area (Å²) in [7, 11) is 4.11. The van der Waals surface area contributed by atoms with Gasteiger partial charge in [-0.3, -0.25) is 14.6 Å². The first-order valence-corrected chi connectivity index (χ1v) is 12.3. The van der Waals surface area contributed by atoms with Crippen molar-refractivity contribution in [2.24, 2.45) is 0 Å². The van der Waals surface area contributed by atoms with Crippen LogP contribution < -0.4 is 20.6 Å². The Morgan fingerprint density at radius 1 is 1.00 bits per heavy atom. The number of amides is 3. The number of alkyl halides is 3. The van der Waals surface area contributed by atoms with Gasteiger partial charge in [0.1, 0.15) is 0 Å². The summed E-state index contributed by atoms with van der Waals surface area (Å²) in [5.74, 6) is -0.433. The number of urea groups is 1. The normalized spacial score (nSPS) is 17.7. The molecule has 9 nitrogen and oxygen atoms in total. The lowest BCUT2D eigenvalue weighted by Crippen LogP contribution is -2.45. The molecule has 3 aromatic rings. The van der Waals surface area contributed by atoms with Gasteiger partial charge in [-0.15, -0.1) is 0 Å². The Kier molecular flexibility index (Phi) is 8.30. The zero-order chi connectivity index (χ0) is 27.3. The lowest BCUT2D eigenvalue weighted by atomic mass is 9.91. The van der Waals surface area contributed by atoms with Crippen LogP contribution in [0.15, 0.2) is 59.3 Å². The van der Waals surface area contributed by atoms with Crippen molar-refractivity contribution < 1.29 is 32.0 Å². The second-order valence-corrected chi connectivity index (χ2v) is 9.56. The highest BCUT2D eigenvalue weighted by molar-refractivity contribution is 6.00. The topological polar surface area (TPSA) is 103 Å². The number of rotatable bonds is 7. The first-order valence-electron chi connectivity index (χ1n) is 12.3. The van der Waals surface area contributed by atoms with Crippen LogP contribution in [0.4, 0.5) is 35.2 Å². The van der Waals surface area contributed by atoms with Crippen molar-refractivity contribution >= 4 is 29.2 Å². The molecule has 0 radical (unpaired) electrons. The van der Waals surface area contributed by atoms with Crippen molar-refractivity contribution in [2.45, 2.75) is 50.4 Å². The average molecular weight is 532 g/mol. The molecule has 38 heavy (non-hydrogen) atoms. The van der Waals surface area contributed by atoms with Gasteiger partial charge in [0.15, 0.2) is 6.04 Å². The highest BCUT2D eigenvalue weighted by Gasteiger charge is 2.33. The van der Waals surface area contributed by atoms with Crippen LogP contribution in [0.25, 0.3) is 0 Å². The number of carbonyl (C=O) groups is 2. The van der Waals surface area contributed by atoms with Crippen LogP contribution in [-0.4, -0.2) is 42.2 Å². The van der Waals surface area contributed by atoms with Crippen LogP contribution in [0.2, 0.25) is 0 Å². The number of hydrogen-bond acceptors (Lipinski definition) is 5. The van der Waals surface area contributed by atoms with Gasteiger partial charge >= 0.3 is 18.1 Å². The minimum atomic E-state index is -4.69. The van der Waals surface area contributed by atoms with E-state index in [0.29, 0.717) is 11.6 Å². The molecule has 0 aliphatic heterocycles. The van der Waals surface area contributed by atoms with Gasteiger partial charge in [-0.25, -0.2) is 4.79 Å². The maximum Gasteiger partial charge on any atom is 0.416 e. The fourth-order valence-electron chi connectivity index (χ4n) is 4.52. The molecule has 0 atom stereocenters. The van der Waals surface area contributed by atoms with E-state index in [-0.39, 0.29) is 29.7 Å². The van der Waals surface area contributed by atoms with E-state index in [1.54, 1.807) is 41.2 Å². The third kappa shape index (κ3) is 7.31. The summed E-state index contributed by atoms with van der Waals surface area (Å²) in [6.45, 7) is 0. The molecular weight excluding hydrogens is 501 g/mol. The second kappa shape index (κ2) is 11.6. The van der Waals surface area contributed by atoms with E-state index < -0.39 is 23.7 Å². The van der Waals surface area contributed by atoms with Crippen LogP contribution in [-0.2, 0) is 17.4 Å². The van der Waals surface area contributed by atoms with Gasteiger partial charge in [0.05, 0.1) is 12.0 Å². The molecular formula is C26H30F3N6O3+. The molecule has 3 N–H and O–H groups in total. The smallest absolute Gasteiger partial charge is 0.326 e. The molecule has 12 heteroatoms. The molecule has 0 bridgehead atoms. The molecule has 2 aromatic carbocycles. The van der Waals surface area contributed by atoms with Crippen LogP contribution >= 0.6 is 0 Å². The third-order valence-corrected chi connectivity index (χ3v) is 6.50. The van der Waals surface area contributed by atoms with Gasteiger partial charge in [-0.2, -0.15) is 13.2 Å². The molecule has 1 fully saturated rings. The highest BCUT2D eigenvalue weighted by atomic mass is 19.4. The summed E-state index contributed by atoms with van der Waals surface area (Å²) in [5, 5.41) is 11.3. The van der Waals surface area contributed by atoms with Crippen molar-refractivity contribution in [3.05, 3.63) is 65.9 Å². The van der Waals surface area contributed by atoms with Crippen LogP contribution in [0.3, 0.4) is 0 Å². The van der Waals surface area contributed by atoms with Crippen LogP contribution in [0.1, 0.15) is 42.9 Å². The maximum atomic E-state index is 13.5. The SMILES string of the molecule is CN(C)C1CCC([n+]2cc(NC(=O)Nc3cc(NC(=O)Cc4ccccc4)cc(C(F)(F)F)c3)on2)CC1. The fourth-order valence-corrected chi connectivity index (χ4v) is 4.52. The molecule has 0 unspecified atom stereocenters. The van der Waals surface area contributed by atoms with Gasteiger partial charge in [0.2, 0.25) is 11.2 Å². The molecule has 0 saturated heterocycles. The highest BCUT2D eigenvalue weighted by Crippen LogP contribution is 2.33. The molecule has 202 valence electrons. The Hall–Kier alpha value is -3.93. The summed E-state index contributed by atoms with van der Waals surface area (Å²) in [5.41, 5.74) is -0.551. The molecule has 3 amide bonds. The lowest BCUT2D eigenvalue weighted by Gasteiger charge is -2.29. The van der Waals surface area contributed by atoms with Crippen molar-refractivity contribution in [2.75, 3.05) is 30.0 Å². The molecule has 1 aliphatic rings.